The van der Waals surface area contributed by atoms with Crippen molar-refractivity contribution < 1.29 is 9.90 Å². The van der Waals surface area contributed by atoms with Gasteiger partial charge in [-0.2, -0.15) is 0 Å². The van der Waals surface area contributed by atoms with Gasteiger partial charge < -0.3 is 20.7 Å². The predicted octanol–water partition coefficient (Wildman–Crippen LogP) is 1.35. The Labute approximate surface area is 134 Å². The van der Waals surface area contributed by atoms with Crippen LogP contribution in [0.1, 0.15) is 30.6 Å². The van der Waals surface area contributed by atoms with Crippen molar-refractivity contribution in [1.29, 1.82) is 0 Å². The summed E-state index contributed by atoms with van der Waals surface area (Å²) in [6, 6.07) is 5.30. The molecule has 2 rings (SSSR count). The summed E-state index contributed by atoms with van der Waals surface area (Å²) in [5, 5.41) is 11.8. The first-order valence-electron chi connectivity index (χ1n) is 7.76. The van der Waals surface area contributed by atoms with Gasteiger partial charge in [-0.05, 0) is 24.5 Å². The summed E-state index contributed by atoms with van der Waals surface area (Å²) in [5.74, 6) is -0.0847. The van der Waals surface area contributed by atoms with Gasteiger partial charge in [-0.1, -0.05) is 19.9 Å². The van der Waals surface area contributed by atoms with E-state index in [1.165, 1.54) is 0 Å². The van der Waals surface area contributed by atoms with Crippen LogP contribution in [0.2, 0.25) is 0 Å². The van der Waals surface area contributed by atoms with Crippen molar-refractivity contribution in [2.75, 3.05) is 18.9 Å². The molecule has 0 saturated carbocycles. The average Bonchev–Trinajstić information content (AvgIpc) is 2.49. The molecule has 23 heavy (non-hydrogen) atoms. The molecule has 124 valence electrons. The second-order valence-corrected chi connectivity index (χ2v) is 5.99. The molecule has 0 fully saturated rings. The second kappa shape index (κ2) is 7.28. The molecule has 6 nitrogen and oxygen atoms in total. The molecule has 0 unspecified atom stereocenters. The third-order valence-corrected chi connectivity index (χ3v) is 3.57. The summed E-state index contributed by atoms with van der Waals surface area (Å²) in [5.41, 5.74) is 6.79. The maximum Gasteiger partial charge on any atom is 0.256 e. The minimum Gasteiger partial charge on any atom is -0.398 e. The van der Waals surface area contributed by atoms with Crippen LogP contribution in [0.5, 0.6) is 0 Å². The molecule has 1 heterocycles. The van der Waals surface area contributed by atoms with Gasteiger partial charge in [0, 0.05) is 31.6 Å². The summed E-state index contributed by atoms with van der Waals surface area (Å²) >= 11 is 0. The number of hydrogen-bond acceptors (Lipinski definition) is 4. The molecule has 1 amide bonds. The third kappa shape index (κ3) is 3.71. The molecule has 2 aromatic rings. The van der Waals surface area contributed by atoms with Crippen molar-refractivity contribution in [2.24, 2.45) is 5.92 Å². The molecule has 0 atom stereocenters. The molecule has 0 aliphatic heterocycles. The van der Waals surface area contributed by atoms with Crippen molar-refractivity contribution in [1.82, 2.24) is 9.88 Å². The van der Waals surface area contributed by atoms with E-state index in [2.05, 4.69) is 19.2 Å². The second-order valence-electron chi connectivity index (χ2n) is 5.99. The maximum absolute atomic E-state index is 12.7. The van der Waals surface area contributed by atoms with E-state index in [0.717, 1.165) is 5.52 Å². The molecule has 0 spiro atoms. The lowest BCUT2D eigenvalue weighted by Gasteiger charge is -2.16. The smallest absolute Gasteiger partial charge is 0.256 e. The van der Waals surface area contributed by atoms with Crippen LogP contribution in [0, 0.1) is 5.92 Å². The molecule has 0 aliphatic carbocycles. The normalized spacial score (nSPS) is 11.1. The summed E-state index contributed by atoms with van der Waals surface area (Å²) in [6.45, 7) is 5.12. The number of aromatic nitrogens is 1. The fourth-order valence-electron chi connectivity index (χ4n) is 2.55. The van der Waals surface area contributed by atoms with Gasteiger partial charge in [0.1, 0.15) is 5.56 Å². The number of rotatable bonds is 6. The first-order valence-corrected chi connectivity index (χ1v) is 7.76. The van der Waals surface area contributed by atoms with Gasteiger partial charge in [-0.3, -0.25) is 9.59 Å². The van der Waals surface area contributed by atoms with E-state index in [1.807, 2.05) is 10.6 Å². The number of nitrogens with two attached hydrogens (primary N) is 1. The first-order chi connectivity index (χ1) is 11.0. The zero-order valence-electron chi connectivity index (χ0n) is 13.5. The first kappa shape index (κ1) is 17.0. The molecule has 0 bridgehead atoms. The Morgan fingerprint density at radius 3 is 2.78 bits per heavy atom. The molecule has 0 aliphatic rings. The van der Waals surface area contributed by atoms with E-state index in [9.17, 15) is 9.59 Å². The van der Waals surface area contributed by atoms with Gasteiger partial charge in [0.2, 0.25) is 5.43 Å². The van der Waals surface area contributed by atoms with Gasteiger partial charge in [0.25, 0.3) is 5.91 Å². The average molecular weight is 317 g/mol. The highest BCUT2D eigenvalue weighted by molar-refractivity contribution is 6.00. The highest BCUT2D eigenvalue weighted by Gasteiger charge is 2.17. The number of amides is 1. The Kier molecular flexibility index (Phi) is 5.39. The predicted molar refractivity (Wildman–Crippen MR) is 91.5 cm³/mol. The summed E-state index contributed by atoms with van der Waals surface area (Å²) in [7, 11) is 0. The lowest BCUT2D eigenvalue weighted by molar-refractivity contribution is 0.0949. The maximum atomic E-state index is 12.7. The number of carbonyl (C=O) groups excluding carboxylic acids is 1. The minimum absolute atomic E-state index is 0.0114. The topological polar surface area (TPSA) is 97.4 Å². The van der Waals surface area contributed by atoms with Crippen molar-refractivity contribution in [3.63, 3.8) is 0 Å². The van der Waals surface area contributed by atoms with E-state index in [0.29, 0.717) is 36.5 Å². The number of nitrogens with one attached hydrogen (secondary N) is 1. The van der Waals surface area contributed by atoms with E-state index in [4.69, 9.17) is 10.8 Å². The van der Waals surface area contributed by atoms with Crippen molar-refractivity contribution in [3.8, 4) is 0 Å². The zero-order chi connectivity index (χ0) is 17.0. The van der Waals surface area contributed by atoms with Crippen LogP contribution in [-0.2, 0) is 6.54 Å². The number of nitrogens with zero attached hydrogens (tertiary/aromatic N) is 1. The van der Waals surface area contributed by atoms with Gasteiger partial charge in [-0.15, -0.1) is 0 Å². The van der Waals surface area contributed by atoms with Gasteiger partial charge in [0.05, 0.1) is 10.9 Å². The lowest BCUT2D eigenvalue weighted by Crippen LogP contribution is -2.31. The van der Waals surface area contributed by atoms with Gasteiger partial charge in [0.15, 0.2) is 0 Å². The largest absolute Gasteiger partial charge is 0.398 e. The van der Waals surface area contributed by atoms with E-state index in [-0.39, 0.29) is 17.6 Å². The molecule has 1 aromatic heterocycles. The molecule has 0 saturated heterocycles. The van der Waals surface area contributed by atoms with Crippen molar-refractivity contribution in [3.05, 3.63) is 40.2 Å². The highest BCUT2D eigenvalue weighted by Crippen LogP contribution is 2.19. The fraction of sp³-hybridized carbons (Fsp3) is 0.412. The molecule has 1 aromatic carbocycles. The van der Waals surface area contributed by atoms with Crippen LogP contribution in [-0.4, -0.2) is 28.7 Å². The monoisotopic (exact) mass is 317 g/mol. The summed E-state index contributed by atoms with van der Waals surface area (Å²) in [6.07, 6.45) is 2.04. The van der Waals surface area contributed by atoms with Crippen molar-refractivity contribution >= 4 is 22.5 Å². The SMILES string of the molecule is CC(C)Cn1cc(C(=O)NCCCO)c(=O)c2c(N)cccc21. The molecule has 6 heteroatoms. The lowest BCUT2D eigenvalue weighted by atomic mass is 10.1. The molecule has 4 N–H and O–H groups in total. The Morgan fingerprint density at radius 2 is 2.13 bits per heavy atom. The Bertz CT molecular complexity index is 766. The van der Waals surface area contributed by atoms with E-state index in [1.54, 1.807) is 18.3 Å². The van der Waals surface area contributed by atoms with Gasteiger partial charge in [-0.25, -0.2) is 0 Å². The van der Waals surface area contributed by atoms with Crippen LogP contribution >= 0.6 is 0 Å². The number of aliphatic hydroxyl groups is 1. The van der Waals surface area contributed by atoms with Crippen LogP contribution in [0.15, 0.2) is 29.2 Å². The van der Waals surface area contributed by atoms with Gasteiger partial charge >= 0.3 is 0 Å². The van der Waals surface area contributed by atoms with Crippen LogP contribution in [0.4, 0.5) is 5.69 Å². The summed E-state index contributed by atoms with van der Waals surface area (Å²) in [4.78, 5) is 24.9. The number of anilines is 1. The number of hydrogen-bond donors (Lipinski definition) is 3. The van der Waals surface area contributed by atoms with Crippen LogP contribution in [0.3, 0.4) is 0 Å². The Morgan fingerprint density at radius 1 is 1.39 bits per heavy atom. The number of nitrogen functional groups attached to an aromatic ring is 1. The van der Waals surface area contributed by atoms with Crippen molar-refractivity contribution in [2.45, 2.75) is 26.8 Å². The molecular formula is C17H23N3O3. The molecular weight excluding hydrogens is 294 g/mol. The quantitative estimate of drug-likeness (QED) is 0.553. The Hall–Kier alpha value is -2.34. The molecule has 0 radical (unpaired) electrons. The zero-order valence-corrected chi connectivity index (χ0v) is 13.5. The van der Waals surface area contributed by atoms with Crippen LogP contribution < -0.4 is 16.5 Å². The fourth-order valence-corrected chi connectivity index (χ4v) is 2.55. The minimum atomic E-state index is -0.439. The number of fused-ring (bicyclic) bond motifs is 1. The standard InChI is InChI=1S/C17H23N3O3/c1-11(2)9-20-10-12(17(23)19-7-4-8-21)16(22)15-13(18)5-3-6-14(15)20/h3,5-6,10-11,21H,4,7-9,18H2,1-2H3,(H,19,23). The number of carbonyl (C=O) groups is 1. The third-order valence-electron chi connectivity index (χ3n) is 3.57. The van der Waals surface area contributed by atoms with Crippen LogP contribution in [0.25, 0.3) is 10.9 Å². The summed E-state index contributed by atoms with van der Waals surface area (Å²) < 4.78 is 1.90. The number of benzene rings is 1. The van der Waals surface area contributed by atoms with E-state index < -0.39 is 5.91 Å². The van der Waals surface area contributed by atoms with E-state index >= 15 is 0 Å². The number of aliphatic hydroxyl groups excluding tert-OH is 1. The number of pyridine rings is 1. The highest BCUT2D eigenvalue weighted by atomic mass is 16.3. The Balaban J connectivity index is 2.57.